The van der Waals surface area contributed by atoms with Gasteiger partial charge >= 0.3 is 10.1 Å². The SMILES string of the molecule is CCCS(=O)(=O)Oc1cc(Br)c(N)c(C#N)c1. The molecule has 1 aromatic carbocycles. The topological polar surface area (TPSA) is 93.2 Å². The summed E-state index contributed by atoms with van der Waals surface area (Å²) in [6, 6.07) is 4.58. The number of halogens is 1. The van der Waals surface area contributed by atoms with Crippen LogP contribution in [0.3, 0.4) is 0 Å². The smallest absolute Gasteiger partial charge is 0.309 e. The number of rotatable bonds is 4. The van der Waals surface area contributed by atoms with E-state index in [4.69, 9.17) is 15.2 Å². The first-order valence-electron chi connectivity index (χ1n) is 4.81. The van der Waals surface area contributed by atoms with Crippen LogP contribution in [0.25, 0.3) is 0 Å². The van der Waals surface area contributed by atoms with Gasteiger partial charge in [0.25, 0.3) is 0 Å². The maximum atomic E-state index is 11.4. The number of hydrogen-bond donors (Lipinski definition) is 1. The molecule has 1 rings (SSSR count). The molecule has 0 bridgehead atoms. The molecule has 0 spiro atoms. The van der Waals surface area contributed by atoms with E-state index in [1.54, 1.807) is 6.92 Å². The van der Waals surface area contributed by atoms with Crippen LogP contribution in [-0.2, 0) is 10.1 Å². The summed E-state index contributed by atoms with van der Waals surface area (Å²) in [5.41, 5.74) is 6.03. The third-order valence-corrected chi connectivity index (χ3v) is 3.91. The lowest BCUT2D eigenvalue weighted by molar-refractivity contribution is 0.485. The highest BCUT2D eigenvalue weighted by atomic mass is 79.9. The van der Waals surface area contributed by atoms with Crippen LogP contribution in [0.1, 0.15) is 18.9 Å². The third kappa shape index (κ3) is 3.61. The van der Waals surface area contributed by atoms with Crippen LogP contribution in [-0.4, -0.2) is 14.2 Å². The quantitative estimate of drug-likeness (QED) is 0.677. The molecule has 0 aliphatic heterocycles. The Bertz CT molecular complexity index is 564. The lowest BCUT2D eigenvalue weighted by atomic mass is 10.2. The first kappa shape index (κ1) is 13.8. The van der Waals surface area contributed by atoms with Crippen LogP contribution in [0.2, 0.25) is 0 Å². The van der Waals surface area contributed by atoms with Crippen LogP contribution in [0.15, 0.2) is 16.6 Å². The molecule has 0 aliphatic carbocycles. The summed E-state index contributed by atoms with van der Waals surface area (Å²) in [5.74, 6) is 0.00716. The van der Waals surface area contributed by atoms with Gasteiger partial charge in [-0.05, 0) is 28.4 Å². The lowest BCUT2D eigenvalue weighted by Crippen LogP contribution is -2.13. The van der Waals surface area contributed by atoms with E-state index in [0.717, 1.165) is 0 Å². The van der Waals surface area contributed by atoms with Crippen molar-refractivity contribution in [2.45, 2.75) is 13.3 Å². The van der Waals surface area contributed by atoms with Crippen LogP contribution in [0, 0.1) is 11.3 Å². The molecular weight excluding hydrogens is 308 g/mol. The Balaban J connectivity index is 3.10. The summed E-state index contributed by atoms with van der Waals surface area (Å²) in [6.07, 6.45) is 0.462. The van der Waals surface area contributed by atoms with Crippen molar-refractivity contribution in [1.82, 2.24) is 0 Å². The summed E-state index contributed by atoms with van der Waals surface area (Å²) in [5, 5.41) is 8.81. The molecule has 5 nitrogen and oxygen atoms in total. The van der Waals surface area contributed by atoms with Gasteiger partial charge in [0.2, 0.25) is 0 Å². The molecule has 0 aliphatic rings. The van der Waals surface area contributed by atoms with E-state index in [1.807, 2.05) is 6.07 Å². The number of anilines is 1. The number of nitriles is 1. The van der Waals surface area contributed by atoms with Gasteiger partial charge in [-0.2, -0.15) is 13.7 Å². The van der Waals surface area contributed by atoms with E-state index < -0.39 is 10.1 Å². The summed E-state index contributed by atoms with van der Waals surface area (Å²) in [6.45, 7) is 1.74. The Morgan fingerprint density at radius 2 is 2.18 bits per heavy atom. The Hall–Kier alpha value is -1.26. The zero-order valence-electron chi connectivity index (χ0n) is 9.10. The standard InChI is InChI=1S/C10H11BrN2O3S/c1-2-3-17(14,15)16-8-4-7(6-12)10(13)9(11)5-8/h4-5H,2-3,13H2,1H3. The second-order valence-electron chi connectivity index (χ2n) is 3.32. The molecule has 7 heteroatoms. The number of hydrogen-bond acceptors (Lipinski definition) is 5. The fourth-order valence-corrected chi connectivity index (χ4v) is 2.58. The number of benzene rings is 1. The molecule has 0 saturated carbocycles. The van der Waals surface area contributed by atoms with Crippen molar-refractivity contribution in [3.05, 3.63) is 22.2 Å². The van der Waals surface area contributed by atoms with Crippen molar-refractivity contribution in [3.63, 3.8) is 0 Å². The molecule has 0 atom stereocenters. The molecule has 0 amide bonds. The molecule has 2 N–H and O–H groups in total. The first-order chi connectivity index (χ1) is 7.89. The normalized spacial score (nSPS) is 10.9. The number of nitrogens with two attached hydrogens (primary N) is 1. The Labute approximate surface area is 108 Å². The Kier molecular flexibility index (Phi) is 4.37. The van der Waals surface area contributed by atoms with E-state index in [9.17, 15) is 8.42 Å². The molecule has 0 heterocycles. The predicted octanol–water partition coefficient (Wildman–Crippen LogP) is 2.02. The maximum Gasteiger partial charge on any atom is 0.309 e. The lowest BCUT2D eigenvalue weighted by Gasteiger charge is -2.08. The van der Waals surface area contributed by atoms with Gasteiger partial charge in [-0.3, -0.25) is 0 Å². The monoisotopic (exact) mass is 318 g/mol. The largest absolute Gasteiger partial charge is 0.397 e. The van der Waals surface area contributed by atoms with Gasteiger partial charge in [0.15, 0.2) is 0 Å². The molecule has 0 saturated heterocycles. The van der Waals surface area contributed by atoms with Gasteiger partial charge in [0.05, 0.1) is 17.0 Å². The van der Waals surface area contributed by atoms with Gasteiger partial charge in [-0.1, -0.05) is 6.92 Å². The van der Waals surface area contributed by atoms with E-state index in [0.29, 0.717) is 10.9 Å². The van der Waals surface area contributed by atoms with Crippen LogP contribution < -0.4 is 9.92 Å². The number of nitrogens with zero attached hydrogens (tertiary/aromatic N) is 1. The van der Waals surface area contributed by atoms with Crippen LogP contribution in [0.5, 0.6) is 5.75 Å². The highest BCUT2D eigenvalue weighted by molar-refractivity contribution is 9.10. The average Bonchev–Trinajstić information content (AvgIpc) is 2.22. The highest BCUT2D eigenvalue weighted by Gasteiger charge is 2.14. The molecule has 1 aromatic rings. The van der Waals surface area contributed by atoms with Gasteiger partial charge in [0.1, 0.15) is 11.8 Å². The molecule has 0 radical (unpaired) electrons. The van der Waals surface area contributed by atoms with Crippen molar-refractivity contribution in [3.8, 4) is 11.8 Å². The summed E-state index contributed by atoms with van der Waals surface area (Å²) in [4.78, 5) is 0. The van der Waals surface area contributed by atoms with Crippen LogP contribution >= 0.6 is 15.9 Å². The minimum absolute atomic E-state index is 0.0725. The molecule has 0 fully saturated rings. The van der Waals surface area contributed by atoms with Gasteiger partial charge < -0.3 is 9.92 Å². The fourth-order valence-electron chi connectivity index (χ4n) is 1.17. The Morgan fingerprint density at radius 3 is 2.71 bits per heavy atom. The molecule has 0 unspecified atom stereocenters. The zero-order chi connectivity index (χ0) is 13.1. The maximum absolute atomic E-state index is 11.4. The molecule has 0 aromatic heterocycles. The van der Waals surface area contributed by atoms with Crippen molar-refractivity contribution < 1.29 is 12.6 Å². The van der Waals surface area contributed by atoms with Crippen molar-refractivity contribution in [2.75, 3.05) is 11.5 Å². The van der Waals surface area contributed by atoms with Gasteiger partial charge in [-0.25, -0.2) is 0 Å². The van der Waals surface area contributed by atoms with Crippen molar-refractivity contribution in [1.29, 1.82) is 5.26 Å². The second kappa shape index (κ2) is 5.38. The predicted molar refractivity (Wildman–Crippen MR) is 68.0 cm³/mol. The van der Waals surface area contributed by atoms with E-state index in [-0.39, 0.29) is 22.8 Å². The average molecular weight is 319 g/mol. The third-order valence-electron chi connectivity index (χ3n) is 1.90. The molecule has 92 valence electrons. The Morgan fingerprint density at radius 1 is 1.53 bits per heavy atom. The fraction of sp³-hybridized carbons (Fsp3) is 0.300. The van der Waals surface area contributed by atoms with E-state index >= 15 is 0 Å². The summed E-state index contributed by atoms with van der Waals surface area (Å²) >= 11 is 3.13. The van der Waals surface area contributed by atoms with E-state index in [2.05, 4.69) is 15.9 Å². The zero-order valence-corrected chi connectivity index (χ0v) is 11.5. The molecular formula is C10H11BrN2O3S. The van der Waals surface area contributed by atoms with Crippen molar-refractivity contribution in [2.24, 2.45) is 0 Å². The summed E-state index contributed by atoms with van der Waals surface area (Å²) < 4.78 is 28.2. The minimum Gasteiger partial charge on any atom is -0.397 e. The highest BCUT2D eigenvalue weighted by Crippen LogP contribution is 2.29. The van der Waals surface area contributed by atoms with E-state index in [1.165, 1.54) is 12.1 Å². The van der Waals surface area contributed by atoms with Crippen molar-refractivity contribution >= 4 is 31.7 Å². The minimum atomic E-state index is -3.61. The van der Waals surface area contributed by atoms with Crippen LogP contribution in [0.4, 0.5) is 5.69 Å². The second-order valence-corrected chi connectivity index (χ2v) is 5.87. The number of nitrogen functional groups attached to an aromatic ring is 1. The molecule has 17 heavy (non-hydrogen) atoms. The first-order valence-corrected chi connectivity index (χ1v) is 7.18. The van der Waals surface area contributed by atoms with Gasteiger partial charge in [0, 0.05) is 10.5 Å². The summed E-state index contributed by atoms with van der Waals surface area (Å²) in [7, 11) is -3.61. The van der Waals surface area contributed by atoms with Gasteiger partial charge in [-0.15, -0.1) is 0 Å².